The van der Waals surface area contributed by atoms with Gasteiger partial charge in [0.1, 0.15) is 0 Å². The lowest BCUT2D eigenvalue weighted by Gasteiger charge is -2.25. The number of hydrogen-bond acceptors (Lipinski definition) is 4. The molecule has 1 aliphatic rings. The molecule has 3 N–H and O–H groups in total. The quantitative estimate of drug-likeness (QED) is 0.720. The van der Waals surface area contributed by atoms with E-state index in [4.69, 9.17) is 10.8 Å². The topological polar surface area (TPSA) is 62.4 Å². The van der Waals surface area contributed by atoms with Crippen LogP contribution in [-0.4, -0.2) is 35.2 Å². The second kappa shape index (κ2) is 4.26. The van der Waals surface area contributed by atoms with E-state index in [2.05, 4.69) is 23.0 Å². The highest BCUT2D eigenvalue weighted by Gasteiger charge is 2.16. The van der Waals surface area contributed by atoms with Gasteiger partial charge in [0, 0.05) is 31.4 Å². The maximum atomic E-state index is 8.98. The van der Waals surface area contributed by atoms with Crippen LogP contribution in [0.4, 0.5) is 0 Å². The zero-order valence-corrected chi connectivity index (χ0v) is 8.98. The van der Waals surface area contributed by atoms with E-state index in [1.165, 1.54) is 11.3 Å². The Kier molecular flexibility index (Phi) is 3.00. The molecule has 1 aromatic rings. The molecular formula is C11H17N3O. The molecule has 0 amide bonds. The summed E-state index contributed by atoms with van der Waals surface area (Å²) >= 11 is 0. The molecule has 1 unspecified atom stereocenters. The van der Waals surface area contributed by atoms with Crippen LogP contribution in [0.25, 0.3) is 0 Å². The lowest BCUT2D eigenvalue weighted by atomic mass is 10.0. The van der Waals surface area contributed by atoms with E-state index in [1.54, 1.807) is 6.20 Å². The lowest BCUT2D eigenvalue weighted by molar-refractivity contribution is 0.267. The van der Waals surface area contributed by atoms with Gasteiger partial charge in [-0.1, -0.05) is 0 Å². The number of fused-ring (bicyclic) bond motifs is 1. The molecule has 0 aliphatic carbocycles. The fraction of sp³-hybridized carbons (Fsp3) is 0.545. The van der Waals surface area contributed by atoms with E-state index in [0.29, 0.717) is 0 Å². The Labute approximate surface area is 89.7 Å². The number of likely N-dealkylation sites (N-methyl/N-ethyl adjacent to an activating group) is 1. The maximum Gasteiger partial charge on any atom is 0.0624 e. The van der Waals surface area contributed by atoms with Crippen molar-refractivity contribution >= 4 is 0 Å². The summed E-state index contributed by atoms with van der Waals surface area (Å²) in [4.78, 5) is 6.67. The zero-order chi connectivity index (χ0) is 10.8. The first-order valence-electron chi connectivity index (χ1n) is 5.23. The molecule has 0 aromatic carbocycles. The first-order valence-corrected chi connectivity index (χ1v) is 5.23. The van der Waals surface area contributed by atoms with Gasteiger partial charge in [0.15, 0.2) is 0 Å². The minimum atomic E-state index is -0.310. The average molecular weight is 207 g/mol. The number of nitrogens with two attached hydrogens (primary N) is 1. The molecule has 0 spiro atoms. The minimum Gasteiger partial charge on any atom is -0.394 e. The van der Waals surface area contributed by atoms with Crippen molar-refractivity contribution in [3.8, 4) is 0 Å². The number of hydrogen-bond donors (Lipinski definition) is 2. The average Bonchev–Trinajstić information content (AvgIpc) is 2.27. The van der Waals surface area contributed by atoms with Crippen LogP contribution in [0.3, 0.4) is 0 Å². The van der Waals surface area contributed by atoms with Crippen molar-refractivity contribution in [1.29, 1.82) is 0 Å². The first kappa shape index (κ1) is 10.5. The predicted molar refractivity (Wildman–Crippen MR) is 58.3 cm³/mol. The van der Waals surface area contributed by atoms with E-state index < -0.39 is 0 Å². The van der Waals surface area contributed by atoms with Crippen LogP contribution in [0.1, 0.15) is 22.9 Å². The first-order chi connectivity index (χ1) is 7.20. The van der Waals surface area contributed by atoms with Crippen molar-refractivity contribution in [2.75, 3.05) is 20.2 Å². The highest BCUT2D eigenvalue weighted by atomic mass is 16.3. The molecule has 2 heterocycles. The Morgan fingerprint density at radius 1 is 1.67 bits per heavy atom. The van der Waals surface area contributed by atoms with Gasteiger partial charge >= 0.3 is 0 Å². The van der Waals surface area contributed by atoms with Crippen LogP contribution in [0.15, 0.2) is 12.3 Å². The van der Waals surface area contributed by atoms with Crippen molar-refractivity contribution in [3.63, 3.8) is 0 Å². The fourth-order valence-electron chi connectivity index (χ4n) is 1.89. The second-order valence-corrected chi connectivity index (χ2v) is 4.15. The summed E-state index contributed by atoms with van der Waals surface area (Å²) in [5.74, 6) is 0. The summed E-state index contributed by atoms with van der Waals surface area (Å²) in [5, 5.41) is 8.98. The van der Waals surface area contributed by atoms with E-state index in [0.717, 1.165) is 25.1 Å². The summed E-state index contributed by atoms with van der Waals surface area (Å²) < 4.78 is 0. The molecule has 0 saturated heterocycles. The Morgan fingerprint density at radius 2 is 2.47 bits per heavy atom. The minimum absolute atomic E-state index is 0.0314. The summed E-state index contributed by atoms with van der Waals surface area (Å²) in [6.45, 7) is 1.95. The molecule has 1 aliphatic heterocycles. The highest BCUT2D eigenvalue weighted by Crippen LogP contribution is 2.19. The Morgan fingerprint density at radius 3 is 3.20 bits per heavy atom. The van der Waals surface area contributed by atoms with Crippen molar-refractivity contribution in [1.82, 2.24) is 9.88 Å². The molecule has 82 valence electrons. The number of aliphatic hydroxyl groups excluding tert-OH is 1. The van der Waals surface area contributed by atoms with Gasteiger partial charge in [-0.05, 0) is 24.2 Å². The SMILES string of the molecule is CN1CCc2ncc(C(N)CO)cc2C1. The van der Waals surface area contributed by atoms with Crippen molar-refractivity contribution in [2.24, 2.45) is 5.73 Å². The molecule has 4 nitrogen and oxygen atoms in total. The Hall–Kier alpha value is -0.970. The van der Waals surface area contributed by atoms with Crippen LogP contribution in [-0.2, 0) is 13.0 Å². The Bertz CT molecular complexity index is 354. The van der Waals surface area contributed by atoms with Crippen LogP contribution in [0.5, 0.6) is 0 Å². The third-order valence-corrected chi connectivity index (χ3v) is 2.88. The van der Waals surface area contributed by atoms with Gasteiger partial charge in [0.2, 0.25) is 0 Å². The number of nitrogens with zero attached hydrogens (tertiary/aromatic N) is 2. The molecule has 2 rings (SSSR count). The third-order valence-electron chi connectivity index (χ3n) is 2.88. The van der Waals surface area contributed by atoms with Gasteiger partial charge in [0.05, 0.1) is 12.6 Å². The molecule has 1 aromatic heterocycles. The van der Waals surface area contributed by atoms with Crippen LogP contribution in [0.2, 0.25) is 0 Å². The van der Waals surface area contributed by atoms with E-state index in [1.807, 2.05) is 0 Å². The lowest BCUT2D eigenvalue weighted by Crippen LogP contribution is -2.28. The van der Waals surface area contributed by atoms with Gasteiger partial charge in [-0.2, -0.15) is 0 Å². The standard InChI is InChI=1S/C11H17N3O/c1-14-3-2-11-9(6-14)4-8(5-13-11)10(12)7-15/h4-5,10,15H,2-3,6-7,12H2,1H3. The molecule has 0 bridgehead atoms. The van der Waals surface area contributed by atoms with Gasteiger partial charge in [-0.25, -0.2) is 0 Å². The van der Waals surface area contributed by atoms with Crippen molar-refractivity contribution in [3.05, 3.63) is 29.1 Å². The molecular weight excluding hydrogens is 190 g/mol. The molecule has 4 heteroatoms. The van der Waals surface area contributed by atoms with Gasteiger partial charge in [0.25, 0.3) is 0 Å². The number of pyridine rings is 1. The molecule has 1 atom stereocenters. The third kappa shape index (κ3) is 2.17. The van der Waals surface area contributed by atoms with E-state index >= 15 is 0 Å². The van der Waals surface area contributed by atoms with Crippen molar-refractivity contribution < 1.29 is 5.11 Å². The van der Waals surface area contributed by atoms with Crippen LogP contribution >= 0.6 is 0 Å². The number of aliphatic hydroxyl groups is 1. The summed E-state index contributed by atoms with van der Waals surface area (Å²) in [6.07, 6.45) is 2.78. The zero-order valence-electron chi connectivity index (χ0n) is 8.98. The summed E-state index contributed by atoms with van der Waals surface area (Å²) in [6, 6.07) is 1.76. The molecule has 0 radical (unpaired) electrons. The van der Waals surface area contributed by atoms with Crippen LogP contribution < -0.4 is 5.73 Å². The molecule has 15 heavy (non-hydrogen) atoms. The second-order valence-electron chi connectivity index (χ2n) is 4.15. The normalized spacial score (nSPS) is 18.6. The fourth-order valence-corrected chi connectivity index (χ4v) is 1.89. The number of aromatic nitrogens is 1. The van der Waals surface area contributed by atoms with Gasteiger partial charge in [-0.15, -0.1) is 0 Å². The summed E-state index contributed by atoms with van der Waals surface area (Å²) in [5.41, 5.74) is 9.09. The smallest absolute Gasteiger partial charge is 0.0624 e. The predicted octanol–water partition coefficient (Wildman–Crippen LogP) is 0.0616. The Balaban J connectivity index is 2.28. The number of rotatable bonds is 2. The molecule has 0 saturated carbocycles. The largest absolute Gasteiger partial charge is 0.394 e. The maximum absolute atomic E-state index is 8.98. The monoisotopic (exact) mass is 207 g/mol. The highest BCUT2D eigenvalue weighted by molar-refractivity contribution is 5.29. The van der Waals surface area contributed by atoms with Crippen molar-refractivity contribution in [2.45, 2.75) is 19.0 Å². The summed E-state index contributed by atoms with van der Waals surface area (Å²) in [7, 11) is 2.10. The van der Waals surface area contributed by atoms with Gasteiger partial charge < -0.3 is 15.7 Å². The van der Waals surface area contributed by atoms with E-state index in [-0.39, 0.29) is 12.6 Å². The van der Waals surface area contributed by atoms with Gasteiger partial charge in [-0.3, -0.25) is 4.98 Å². The van der Waals surface area contributed by atoms with Crippen LogP contribution in [0, 0.1) is 0 Å². The van der Waals surface area contributed by atoms with E-state index in [9.17, 15) is 0 Å². The molecule has 0 fully saturated rings.